The van der Waals surface area contributed by atoms with E-state index in [0.717, 1.165) is 25.7 Å². The molecule has 0 radical (unpaired) electrons. The van der Waals surface area contributed by atoms with Gasteiger partial charge in [0.25, 0.3) is 0 Å². The van der Waals surface area contributed by atoms with E-state index in [0.29, 0.717) is 43.0 Å². The SMILES string of the molecule is C[C@@H]1C[C@H]2[C@@H]3CCc4cc(O)ccc4[C@H]3[C@@H](c3ccc(OCCCCCS(=O)(=O)CCCC(F)(F)C(F)(F)F)cc3)C[C@]2(C)[C@H]1O. The highest BCUT2D eigenvalue weighted by Gasteiger charge is 2.60. The number of aryl methyl sites for hydroxylation is 1. The molecule has 46 heavy (non-hydrogen) atoms. The number of hydrogen-bond acceptors (Lipinski definition) is 5. The molecule has 2 aromatic rings. The molecular weight excluding hydrogens is 627 g/mol. The Balaban J connectivity index is 1.15. The number of fused-ring (bicyclic) bond motifs is 5. The van der Waals surface area contributed by atoms with Gasteiger partial charge in [-0.25, -0.2) is 8.42 Å². The Morgan fingerprint density at radius 1 is 0.978 bits per heavy atom. The van der Waals surface area contributed by atoms with Crippen molar-refractivity contribution in [1.29, 1.82) is 0 Å². The Morgan fingerprint density at radius 3 is 2.37 bits per heavy atom. The number of alkyl halides is 5. The second-order valence-corrected chi connectivity index (χ2v) is 16.4. The van der Waals surface area contributed by atoms with Gasteiger partial charge in [0.2, 0.25) is 0 Å². The van der Waals surface area contributed by atoms with Crippen molar-refractivity contribution >= 4 is 9.84 Å². The van der Waals surface area contributed by atoms with Crippen LogP contribution in [0.5, 0.6) is 11.5 Å². The van der Waals surface area contributed by atoms with Crippen molar-refractivity contribution in [2.24, 2.45) is 23.2 Å². The molecule has 0 saturated heterocycles. The molecule has 0 heterocycles. The summed E-state index contributed by atoms with van der Waals surface area (Å²) >= 11 is 0. The molecule has 2 aromatic carbocycles. The minimum Gasteiger partial charge on any atom is -0.508 e. The maximum absolute atomic E-state index is 13.0. The summed E-state index contributed by atoms with van der Waals surface area (Å²) in [6.45, 7) is 4.77. The third-order valence-corrected chi connectivity index (χ3v) is 12.9. The molecule has 0 aromatic heterocycles. The quantitative estimate of drug-likeness (QED) is 0.176. The highest BCUT2D eigenvalue weighted by Crippen LogP contribution is 2.66. The van der Waals surface area contributed by atoms with Crippen molar-refractivity contribution in [3.8, 4) is 11.5 Å². The Morgan fingerprint density at radius 2 is 1.67 bits per heavy atom. The van der Waals surface area contributed by atoms with Crippen LogP contribution in [0.1, 0.15) is 93.7 Å². The zero-order valence-electron chi connectivity index (χ0n) is 26.4. The number of aromatic hydroxyl groups is 1. The van der Waals surface area contributed by atoms with Crippen LogP contribution in [0.2, 0.25) is 0 Å². The molecule has 0 amide bonds. The number of rotatable bonds is 12. The summed E-state index contributed by atoms with van der Waals surface area (Å²) in [6.07, 6.45) is -3.10. The lowest BCUT2D eigenvalue weighted by Gasteiger charge is -2.54. The number of unbranched alkanes of at least 4 members (excludes halogenated alkanes) is 2. The van der Waals surface area contributed by atoms with Crippen molar-refractivity contribution in [2.75, 3.05) is 18.1 Å². The standard InChI is InChI=1S/C35H45F5O5S/c1-22-19-30-28-13-9-24-20-25(41)10-14-27(24)31(28)29(21-33(30,2)32(22)42)23-7-11-26(12-8-23)45-16-4-3-5-17-46(43,44)18-6-15-34(36,37)35(38,39)40/h7-8,10-12,14,20,22,28-32,41-42H,3-6,9,13,15-19,21H2,1-2H3/t22-,28+,29-,30+,31-,32+,33+/m1/s1. The zero-order valence-corrected chi connectivity index (χ0v) is 27.2. The van der Waals surface area contributed by atoms with Crippen LogP contribution in [0, 0.1) is 23.2 Å². The molecule has 3 aliphatic carbocycles. The van der Waals surface area contributed by atoms with Gasteiger partial charge in [-0.2, -0.15) is 22.0 Å². The van der Waals surface area contributed by atoms with Crippen LogP contribution >= 0.6 is 0 Å². The molecule has 3 aliphatic rings. The van der Waals surface area contributed by atoms with Gasteiger partial charge >= 0.3 is 12.1 Å². The number of phenolic OH excluding ortho intramolecular Hbond substituents is 1. The van der Waals surface area contributed by atoms with Crippen LogP contribution in [0.3, 0.4) is 0 Å². The van der Waals surface area contributed by atoms with E-state index in [1.807, 2.05) is 18.2 Å². The predicted octanol–water partition coefficient (Wildman–Crippen LogP) is 8.19. The second-order valence-electron chi connectivity index (χ2n) is 14.1. The normalized spacial score (nSPS) is 29.6. The second kappa shape index (κ2) is 13.2. The largest absolute Gasteiger partial charge is 0.508 e. The van der Waals surface area contributed by atoms with Gasteiger partial charge in [0.1, 0.15) is 21.3 Å². The molecule has 5 rings (SSSR count). The van der Waals surface area contributed by atoms with Gasteiger partial charge < -0.3 is 14.9 Å². The summed E-state index contributed by atoms with van der Waals surface area (Å²) in [7, 11) is -3.72. The molecule has 0 spiro atoms. The first kappa shape index (κ1) is 34.9. The van der Waals surface area contributed by atoms with E-state index in [4.69, 9.17) is 4.74 Å². The van der Waals surface area contributed by atoms with Gasteiger partial charge in [-0.15, -0.1) is 0 Å². The van der Waals surface area contributed by atoms with Crippen molar-refractivity contribution in [1.82, 2.24) is 0 Å². The Kier molecular flexibility index (Phi) is 10.1. The van der Waals surface area contributed by atoms with E-state index in [9.17, 15) is 40.6 Å². The molecule has 0 unspecified atom stereocenters. The van der Waals surface area contributed by atoms with E-state index < -0.39 is 40.5 Å². The van der Waals surface area contributed by atoms with Crippen molar-refractivity contribution < 1.29 is 45.3 Å². The van der Waals surface area contributed by atoms with E-state index in [2.05, 4.69) is 32.0 Å². The Bertz CT molecular complexity index is 1460. The first-order valence-electron chi connectivity index (χ1n) is 16.4. The molecule has 7 atom stereocenters. The summed E-state index contributed by atoms with van der Waals surface area (Å²) in [5.41, 5.74) is 3.53. The third kappa shape index (κ3) is 7.20. The number of ether oxygens (including phenoxy) is 1. The maximum atomic E-state index is 13.0. The fourth-order valence-corrected chi connectivity index (χ4v) is 10.2. The zero-order chi connectivity index (χ0) is 33.5. The number of benzene rings is 2. The molecular formula is C35H45F5O5S. The predicted molar refractivity (Wildman–Crippen MR) is 166 cm³/mol. The van der Waals surface area contributed by atoms with Crippen LogP contribution < -0.4 is 4.74 Å². The van der Waals surface area contributed by atoms with Gasteiger partial charge in [-0.05, 0) is 127 Å². The molecule has 256 valence electrons. The summed E-state index contributed by atoms with van der Waals surface area (Å²) in [4.78, 5) is 0. The lowest BCUT2D eigenvalue weighted by atomic mass is 9.51. The van der Waals surface area contributed by atoms with Gasteiger partial charge in [0.05, 0.1) is 24.2 Å². The van der Waals surface area contributed by atoms with E-state index in [1.165, 1.54) is 16.7 Å². The van der Waals surface area contributed by atoms with E-state index >= 15 is 0 Å². The Labute approximate surface area is 268 Å². The summed E-state index contributed by atoms with van der Waals surface area (Å²) in [6, 6.07) is 13.8. The van der Waals surface area contributed by atoms with Gasteiger partial charge in [-0.1, -0.05) is 32.0 Å². The number of phenols is 1. The fourth-order valence-electron chi connectivity index (χ4n) is 8.72. The lowest BCUT2D eigenvalue weighted by molar-refractivity contribution is -0.284. The highest BCUT2D eigenvalue weighted by molar-refractivity contribution is 7.91. The Hall–Kier alpha value is -2.40. The molecule has 2 fully saturated rings. The lowest BCUT2D eigenvalue weighted by Crippen LogP contribution is -2.47. The van der Waals surface area contributed by atoms with Gasteiger partial charge in [0, 0.05) is 6.42 Å². The number of halogens is 5. The summed E-state index contributed by atoms with van der Waals surface area (Å²) in [5.74, 6) is -3.25. The number of aliphatic hydroxyl groups is 1. The van der Waals surface area contributed by atoms with Crippen molar-refractivity contribution in [3.63, 3.8) is 0 Å². The maximum Gasteiger partial charge on any atom is 0.453 e. The molecule has 2 saturated carbocycles. The van der Waals surface area contributed by atoms with E-state index in [1.54, 1.807) is 6.07 Å². The monoisotopic (exact) mass is 672 g/mol. The average molecular weight is 673 g/mol. The number of hydrogen-bond donors (Lipinski definition) is 2. The first-order chi connectivity index (χ1) is 21.5. The third-order valence-electron chi connectivity index (χ3n) is 11.0. The molecule has 2 N–H and O–H groups in total. The minimum absolute atomic E-state index is 0.170. The highest BCUT2D eigenvalue weighted by atomic mass is 32.2. The first-order valence-corrected chi connectivity index (χ1v) is 18.2. The van der Waals surface area contributed by atoms with Gasteiger partial charge in [0.15, 0.2) is 0 Å². The summed E-state index contributed by atoms with van der Waals surface area (Å²) < 4.78 is 93.0. The molecule has 0 bridgehead atoms. The van der Waals surface area contributed by atoms with Crippen LogP contribution in [0.25, 0.3) is 0 Å². The van der Waals surface area contributed by atoms with E-state index in [-0.39, 0.29) is 41.3 Å². The van der Waals surface area contributed by atoms with Crippen LogP contribution in [0.4, 0.5) is 22.0 Å². The van der Waals surface area contributed by atoms with Crippen LogP contribution in [-0.4, -0.2) is 54.9 Å². The molecule has 0 aliphatic heterocycles. The van der Waals surface area contributed by atoms with Crippen LogP contribution in [0.15, 0.2) is 42.5 Å². The van der Waals surface area contributed by atoms with Crippen LogP contribution in [-0.2, 0) is 16.3 Å². The summed E-state index contributed by atoms with van der Waals surface area (Å²) in [5, 5.41) is 21.5. The molecule has 5 nitrogen and oxygen atoms in total. The number of sulfone groups is 1. The number of aliphatic hydroxyl groups excluding tert-OH is 1. The topological polar surface area (TPSA) is 83.8 Å². The molecule has 11 heteroatoms. The van der Waals surface area contributed by atoms with Crippen molar-refractivity contribution in [2.45, 2.75) is 102 Å². The van der Waals surface area contributed by atoms with Crippen molar-refractivity contribution in [3.05, 3.63) is 59.2 Å². The van der Waals surface area contributed by atoms with Gasteiger partial charge in [-0.3, -0.25) is 0 Å². The minimum atomic E-state index is -5.68. The average Bonchev–Trinajstić information content (AvgIpc) is 3.21. The smallest absolute Gasteiger partial charge is 0.453 e. The fraction of sp³-hybridized carbons (Fsp3) is 0.657.